The second-order valence-electron chi connectivity index (χ2n) is 9.14. The van der Waals surface area contributed by atoms with Crippen LogP contribution in [0.5, 0.6) is 0 Å². The maximum absolute atomic E-state index is 14.8. The van der Waals surface area contributed by atoms with Crippen molar-refractivity contribution in [3.63, 3.8) is 0 Å². The van der Waals surface area contributed by atoms with Crippen LogP contribution in [-0.2, 0) is 19.6 Å². The molecule has 0 saturated carbocycles. The number of hydrogen-bond acceptors (Lipinski definition) is 5. The van der Waals surface area contributed by atoms with Gasteiger partial charge in [-0.05, 0) is 69.1 Å². The first-order valence-corrected chi connectivity index (χ1v) is 12.4. The van der Waals surface area contributed by atoms with E-state index in [1.807, 2.05) is 10.6 Å². The van der Waals surface area contributed by atoms with Crippen molar-refractivity contribution >= 4 is 12.3 Å². The molecule has 0 amide bonds. The van der Waals surface area contributed by atoms with E-state index >= 15 is 0 Å². The largest absolute Gasteiger partial charge is 0.306 e. The van der Waals surface area contributed by atoms with Crippen LogP contribution in [0.3, 0.4) is 0 Å². The average Bonchev–Trinajstić information content (AvgIpc) is 3.18. The van der Waals surface area contributed by atoms with E-state index in [0.717, 1.165) is 66.9 Å². The number of halogens is 1. The van der Waals surface area contributed by atoms with E-state index in [4.69, 9.17) is 0 Å². The highest BCUT2D eigenvalue weighted by molar-refractivity contribution is 5.75. The minimum Gasteiger partial charge on any atom is -0.306 e. The summed E-state index contributed by atoms with van der Waals surface area (Å²) in [5, 5.41) is 11.9. The van der Waals surface area contributed by atoms with Crippen LogP contribution in [0.15, 0.2) is 41.3 Å². The molecule has 3 rings (SSSR count). The van der Waals surface area contributed by atoms with E-state index < -0.39 is 0 Å². The molecule has 6 nitrogen and oxygen atoms in total. The van der Waals surface area contributed by atoms with Crippen LogP contribution in [0.2, 0.25) is 0 Å². The summed E-state index contributed by atoms with van der Waals surface area (Å²) < 4.78 is 16.7. The zero-order valence-electron chi connectivity index (χ0n) is 21.0. The predicted molar refractivity (Wildman–Crippen MR) is 138 cm³/mol. The number of aromatic nitrogens is 3. The number of benzene rings is 1. The summed E-state index contributed by atoms with van der Waals surface area (Å²) in [5.41, 5.74) is 5.22. The molecule has 0 saturated heterocycles. The Bertz CT molecular complexity index is 1010. The molecule has 0 fully saturated rings. The van der Waals surface area contributed by atoms with Gasteiger partial charge in [-0.2, -0.15) is 0 Å². The molecule has 0 atom stereocenters. The summed E-state index contributed by atoms with van der Waals surface area (Å²) in [6.45, 7) is 10.9. The van der Waals surface area contributed by atoms with Gasteiger partial charge in [0.2, 0.25) is 0 Å². The van der Waals surface area contributed by atoms with Gasteiger partial charge in [-0.15, -0.1) is 10.2 Å². The summed E-state index contributed by atoms with van der Waals surface area (Å²) in [5.74, 6) is 0.608. The molecule has 1 aliphatic rings. The normalized spacial score (nSPS) is 15.3. The molecule has 0 aliphatic carbocycles. The van der Waals surface area contributed by atoms with Crippen LogP contribution >= 0.6 is 0 Å². The monoisotopic (exact) mass is 466 g/mol. The molecule has 0 radical (unpaired) electrons. The van der Waals surface area contributed by atoms with Gasteiger partial charge >= 0.3 is 0 Å². The van der Waals surface area contributed by atoms with Crippen molar-refractivity contribution in [3.05, 3.63) is 64.6 Å². The summed E-state index contributed by atoms with van der Waals surface area (Å²) in [6.07, 6.45) is 13.3. The van der Waals surface area contributed by atoms with Crippen molar-refractivity contribution in [3.8, 4) is 0 Å². The van der Waals surface area contributed by atoms with E-state index in [-0.39, 0.29) is 5.82 Å². The molecule has 184 valence electrons. The van der Waals surface area contributed by atoms with Gasteiger partial charge < -0.3 is 9.47 Å². The Morgan fingerprint density at radius 3 is 2.88 bits per heavy atom. The van der Waals surface area contributed by atoms with Crippen LogP contribution < -0.4 is 5.32 Å². The van der Waals surface area contributed by atoms with Crippen molar-refractivity contribution in [2.75, 3.05) is 20.1 Å². The van der Waals surface area contributed by atoms with Gasteiger partial charge in [0.05, 0.1) is 6.67 Å². The van der Waals surface area contributed by atoms with Crippen molar-refractivity contribution < 1.29 is 4.39 Å². The lowest BCUT2D eigenvalue weighted by atomic mass is 9.96. The molecule has 7 heteroatoms. The summed E-state index contributed by atoms with van der Waals surface area (Å²) in [6, 6.07) is 3.47. The summed E-state index contributed by atoms with van der Waals surface area (Å²) in [7, 11) is 2.14. The Balaban J connectivity index is 1.72. The van der Waals surface area contributed by atoms with E-state index in [9.17, 15) is 4.39 Å². The quantitative estimate of drug-likeness (QED) is 0.341. The fourth-order valence-electron chi connectivity index (χ4n) is 4.53. The number of hydrogen-bond donors (Lipinski definition) is 1. The highest BCUT2D eigenvalue weighted by Crippen LogP contribution is 2.27. The minimum atomic E-state index is -0.142. The predicted octanol–water partition coefficient (Wildman–Crippen LogP) is 5.29. The average molecular weight is 467 g/mol. The third kappa shape index (κ3) is 6.93. The number of rotatable bonds is 12. The van der Waals surface area contributed by atoms with Gasteiger partial charge in [0.1, 0.15) is 12.1 Å². The summed E-state index contributed by atoms with van der Waals surface area (Å²) >= 11 is 0. The Kier molecular flexibility index (Phi) is 10.2. The first kappa shape index (κ1) is 26.0. The Labute approximate surface area is 203 Å². The molecule has 1 aromatic heterocycles. The number of aliphatic imine (C=N–C) groups is 1. The molecule has 2 heterocycles. The molecule has 34 heavy (non-hydrogen) atoms. The van der Waals surface area contributed by atoms with Crippen molar-refractivity contribution in [1.29, 1.82) is 0 Å². The number of nitrogens with zero attached hydrogens (tertiary/aromatic N) is 5. The fourth-order valence-corrected chi connectivity index (χ4v) is 4.53. The highest BCUT2D eigenvalue weighted by Gasteiger charge is 2.18. The van der Waals surface area contributed by atoms with Gasteiger partial charge in [0.15, 0.2) is 5.82 Å². The topological polar surface area (TPSA) is 58.3 Å². The lowest BCUT2D eigenvalue weighted by Crippen LogP contribution is -2.21. The van der Waals surface area contributed by atoms with Crippen LogP contribution in [0.25, 0.3) is 5.57 Å². The maximum atomic E-state index is 14.8. The third-order valence-electron chi connectivity index (χ3n) is 6.56. The third-order valence-corrected chi connectivity index (χ3v) is 6.56. The molecule has 0 bridgehead atoms. The first-order chi connectivity index (χ1) is 16.5. The molecule has 0 spiro atoms. The van der Waals surface area contributed by atoms with Gasteiger partial charge in [-0.1, -0.05) is 38.3 Å². The first-order valence-electron chi connectivity index (χ1n) is 12.4. The van der Waals surface area contributed by atoms with E-state index in [0.29, 0.717) is 13.2 Å². The van der Waals surface area contributed by atoms with Crippen molar-refractivity contribution in [2.24, 2.45) is 4.99 Å². The van der Waals surface area contributed by atoms with Crippen LogP contribution in [-0.4, -0.2) is 46.5 Å². The van der Waals surface area contributed by atoms with Crippen molar-refractivity contribution in [2.45, 2.75) is 72.0 Å². The minimum absolute atomic E-state index is 0.142. The SMILES string of the molecule is C=N/C=C(/C1=CCCN(C)CC1)c1nncn1CNCc1c(F)ccc(C)c1CCCCCC. The van der Waals surface area contributed by atoms with Crippen LogP contribution in [0, 0.1) is 12.7 Å². The van der Waals surface area contributed by atoms with Gasteiger partial charge in [-0.25, -0.2) is 4.39 Å². The molecule has 1 N–H and O–H groups in total. The number of unbranched alkanes of at least 4 members (excludes halogenated alkanes) is 3. The zero-order chi connectivity index (χ0) is 24.3. The van der Waals surface area contributed by atoms with E-state index in [2.05, 4.69) is 59.1 Å². The Morgan fingerprint density at radius 1 is 1.24 bits per heavy atom. The standard InChI is InChI=1S/C27H39FN6/c1-5-6-7-8-11-23-21(2)12-13-26(28)25(23)18-30-19-34-20-31-32-27(34)24(17-29-3)22-10-9-15-33(4)16-14-22/h10,12-13,17,20,30H,3,5-9,11,14-16,18-19H2,1-2,4H3/b24-17-. The van der Waals surface area contributed by atoms with E-state index in [1.165, 1.54) is 24.8 Å². The smallest absolute Gasteiger partial charge is 0.166 e. The Hall–Kier alpha value is -2.64. The van der Waals surface area contributed by atoms with Gasteiger partial charge in [0, 0.05) is 37.0 Å². The Morgan fingerprint density at radius 2 is 2.09 bits per heavy atom. The lowest BCUT2D eigenvalue weighted by molar-refractivity contribution is 0.353. The highest BCUT2D eigenvalue weighted by atomic mass is 19.1. The van der Waals surface area contributed by atoms with Crippen molar-refractivity contribution in [1.82, 2.24) is 25.0 Å². The number of aryl methyl sites for hydroxylation is 1. The van der Waals surface area contributed by atoms with Crippen LogP contribution in [0.4, 0.5) is 4.39 Å². The van der Waals surface area contributed by atoms with Crippen LogP contribution in [0.1, 0.15) is 68.0 Å². The lowest BCUT2D eigenvalue weighted by Gasteiger charge is -2.16. The second kappa shape index (κ2) is 13.3. The maximum Gasteiger partial charge on any atom is 0.166 e. The molecule has 0 unspecified atom stereocenters. The molecule has 1 aromatic carbocycles. The van der Waals surface area contributed by atoms with Gasteiger partial charge in [-0.3, -0.25) is 10.3 Å². The van der Waals surface area contributed by atoms with Gasteiger partial charge in [0.25, 0.3) is 0 Å². The number of allylic oxidation sites excluding steroid dienone is 1. The second-order valence-corrected chi connectivity index (χ2v) is 9.14. The molecular weight excluding hydrogens is 427 g/mol. The molecular formula is C27H39FN6. The molecule has 1 aliphatic heterocycles. The van der Waals surface area contributed by atoms with E-state index in [1.54, 1.807) is 18.6 Å². The zero-order valence-corrected chi connectivity index (χ0v) is 21.0. The number of nitrogens with one attached hydrogen (secondary N) is 1. The summed E-state index contributed by atoms with van der Waals surface area (Å²) in [4.78, 5) is 6.37. The fraction of sp³-hybridized carbons (Fsp3) is 0.519. The molecule has 2 aromatic rings.